The van der Waals surface area contributed by atoms with Gasteiger partial charge in [0.1, 0.15) is 6.07 Å². The first-order valence-electron chi connectivity index (χ1n) is 6.81. The summed E-state index contributed by atoms with van der Waals surface area (Å²) in [6, 6.07) is 5.92. The molecular weight excluding hydrogens is 345 g/mol. The molecule has 1 aliphatic heterocycles. The summed E-state index contributed by atoms with van der Waals surface area (Å²) in [5, 5.41) is 9.01. The standard InChI is InChI=1S/C14H18ClN3O2S.ClH/c1-10-4-5-18(12(6-10)9-17)21(19,20)13-3-2-11(8-16)14(15)7-13;/h2-3,7,10,12H,4-6,9,17H2,1H3;1H. The van der Waals surface area contributed by atoms with Gasteiger partial charge in [0.15, 0.2) is 0 Å². The quantitative estimate of drug-likeness (QED) is 0.892. The molecule has 1 aromatic rings. The van der Waals surface area contributed by atoms with Crippen molar-refractivity contribution < 1.29 is 8.42 Å². The Hall–Kier alpha value is -0.840. The van der Waals surface area contributed by atoms with Crippen LogP contribution in [0.15, 0.2) is 23.1 Å². The molecule has 1 aromatic carbocycles. The third-order valence-corrected chi connectivity index (χ3v) is 6.12. The van der Waals surface area contributed by atoms with Crippen LogP contribution < -0.4 is 5.73 Å². The Kier molecular flexibility index (Phi) is 6.65. The largest absolute Gasteiger partial charge is 0.329 e. The molecule has 0 bridgehead atoms. The molecule has 0 saturated carbocycles. The SMILES string of the molecule is CC1CCN(S(=O)(=O)c2ccc(C#N)c(Cl)c2)C(CN)C1.Cl. The Morgan fingerprint density at radius 2 is 2.18 bits per heavy atom. The molecule has 2 N–H and O–H groups in total. The maximum atomic E-state index is 12.7. The number of rotatable bonds is 3. The van der Waals surface area contributed by atoms with Gasteiger partial charge in [0, 0.05) is 19.1 Å². The maximum absolute atomic E-state index is 12.7. The van der Waals surface area contributed by atoms with Gasteiger partial charge in [0.05, 0.1) is 15.5 Å². The number of hydrogen-bond donors (Lipinski definition) is 1. The van der Waals surface area contributed by atoms with Crippen molar-refractivity contribution in [2.24, 2.45) is 11.7 Å². The Balaban J connectivity index is 0.00000242. The number of nitrogens with two attached hydrogens (primary N) is 1. The van der Waals surface area contributed by atoms with E-state index >= 15 is 0 Å². The molecule has 22 heavy (non-hydrogen) atoms. The van der Waals surface area contributed by atoms with E-state index in [2.05, 4.69) is 6.92 Å². The van der Waals surface area contributed by atoms with Gasteiger partial charge < -0.3 is 5.73 Å². The number of halogens is 2. The number of nitriles is 1. The van der Waals surface area contributed by atoms with Gasteiger partial charge in [-0.15, -0.1) is 12.4 Å². The molecule has 122 valence electrons. The Bertz CT molecular complexity index is 673. The van der Waals surface area contributed by atoms with Crippen LogP contribution in [0.2, 0.25) is 5.02 Å². The predicted molar refractivity (Wildman–Crippen MR) is 88.5 cm³/mol. The van der Waals surface area contributed by atoms with E-state index in [1.54, 1.807) is 0 Å². The lowest BCUT2D eigenvalue weighted by Gasteiger charge is -2.36. The highest BCUT2D eigenvalue weighted by Gasteiger charge is 2.35. The fourth-order valence-electron chi connectivity index (χ4n) is 2.64. The van der Waals surface area contributed by atoms with Crippen LogP contribution in [0.25, 0.3) is 0 Å². The zero-order valence-electron chi connectivity index (χ0n) is 12.2. The highest BCUT2D eigenvalue weighted by Crippen LogP contribution is 2.29. The fraction of sp³-hybridized carbons (Fsp3) is 0.500. The molecule has 1 heterocycles. The molecule has 8 heteroatoms. The van der Waals surface area contributed by atoms with Gasteiger partial charge in [-0.1, -0.05) is 18.5 Å². The first-order valence-corrected chi connectivity index (χ1v) is 8.63. The van der Waals surface area contributed by atoms with E-state index < -0.39 is 10.0 Å². The number of sulfonamides is 1. The highest BCUT2D eigenvalue weighted by molar-refractivity contribution is 7.89. The summed E-state index contributed by atoms with van der Waals surface area (Å²) in [5.41, 5.74) is 5.99. The second-order valence-corrected chi connectivity index (χ2v) is 7.69. The predicted octanol–water partition coefficient (Wildman–Crippen LogP) is 2.38. The summed E-state index contributed by atoms with van der Waals surface area (Å²) in [5.74, 6) is 0.467. The zero-order chi connectivity index (χ0) is 15.6. The van der Waals surface area contributed by atoms with Crippen LogP contribution in [0.3, 0.4) is 0 Å². The minimum Gasteiger partial charge on any atom is -0.329 e. The molecule has 1 fully saturated rings. The minimum absolute atomic E-state index is 0. The summed E-state index contributed by atoms with van der Waals surface area (Å²) in [7, 11) is -3.63. The summed E-state index contributed by atoms with van der Waals surface area (Å²) < 4.78 is 27.0. The summed E-state index contributed by atoms with van der Waals surface area (Å²) in [6.07, 6.45) is 1.58. The van der Waals surface area contributed by atoms with Gasteiger partial charge in [0.25, 0.3) is 0 Å². The van der Waals surface area contributed by atoms with Crippen LogP contribution in [0.4, 0.5) is 0 Å². The molecule has 1 saturated heterocycles. The van der Waals surface area contributed by atoms with E-state index in [4.69, 9.17) is 22.6 Å². The Morgan fingerprint density at radius 1 is 1.50 bits per heavy atom. The molecule has 0 amide bonds. The lowest BCUT2D eigenvalue weighted by molar-refractivity contribution is 0.211. The van der Waals surface area contributed by atoms with Crippen LogP contribution in [0.1, 0.15) is 25.3 Å². The number of piperidine rings is 1. The summed E-state index contributed by atoms with van der Waals surface area (Å²) in [6.45, 7) is 2.86. The van der Waals surface area contributed by atoms with Gasteiger partial charge in [-0.3, -0.25) is 0 Å². The third kappa shape index (κ3) is 3.73. The fourth-order valence-corrected chi connectivity index (χ4v) is 4.62. The molecule has 0 aromatic heterocycles. The lowest BCUT2D eigenvalue weighted by atomic mass is 9.94. The molecule has 0 radical (unpaired) electrons. The van der Waals surface area contributed by atoms with Gasteiger partial charge in [0.2, 0.25) is 10.0 Å². The first-order chi connectivity index (χ1) is 9.90. The number of benzene rings is 1. The van der Waals surface area contributed by atoms with E-state index in [-0.39, 0.29) is 33.9 Å². The van der Waals surface area contributed by atoms with Crippen molar-refractivity contribution in [3.63, 3.8) is 0 Å². The molecule has 2 rings (SSSR count). The lowest BCUT2D eigenvalue weighted by Crippen LogP contribution is -2.49. The first kappa shape index (κ1) is 19.2. The van der Waals surface area contributed by atoms with Gasteiger partial charge >= 0.3 is 0 Å². The van der Waals surface area contributed by atoms with E-state index in [1.165, 1.54) is 22.5 Å². The molecule has 2 unspecified atom stereocenters. The van der Waals surface area contributed by atoms with Crippen molar-refractivity contribution in [1.82, 2.24) is 4.31 Å². The molecule has 0 aliphatic carbocycles. The monoisotopic (exact) mass is 363 g/mol. The van der Waals surface area contributed by atoms with Crippen molar-refractivity contribution >= 4 is 34.0 Å². The topological polar surface area (TPSA) is 87.2 Å². The van der Waals surface area contributed by atoms with E-state index in [0.29, 0.717) is 19.0 Å². The van der Waals surface area contributed by atoms with Crippen LogP contribution in [0.5, 0.6) is 0 Å². The highest BCUT2D eigenvalue weighted by atomic mass is 35.5. The average molecular weight is 364 g/mol. The van der Waals surface area contributed by atoms with Crippen LogP contribution >= 0.6 is 24.0 Å². The third-order valence-electron chi connectivity index (χ3n) is 3.86. The van der Waals surface area contributed by atoms with Gasteiger partial charge in [-0.2, -0.15) is 9.57 Å². The van der Waals surface area contributed by atoms with Crippen molar-refractivity contribution in [2.75, 3.05) is 13.1 Å². The zero-order valence-corrected chi connectivity index (χ0v) is 14.6. The number of nitrogens with zero attached hydrogens (tertiary/aromatic N) is 2. The van der Waals surface area contributed by atoms with E-state index in [1.807, 2.05) is 6.07 Å². The van der Waals surface area contributed by atoms with Crippen molar-refractivity contribution in [3.05, 3.63) is 28.8 Å². The van der Waals surface area contributed by atoms with Crippen LogP contribution in [-0.2, 0) is 10.0 Å². The normalized spacial score (nSPS) is 22.6. The van der Waals surface area contributed by atoms with Crippen molar-refractivity contribution in [3.8, 4) is 6.07 Å². The smallest absolute Gasteiger partial charge is 0.243 e. The van der Waals surface area contributed by atoms with E-state index in [0.717, 1.165) is 12.8 Å². The van der Waals surface area contributed by atoms with Gasteiger partial charge in [-0.25, -0.2) is 8.42 Å². The second-order valence-electron chi connectivity index (χ2n) is 5.39. The minimum atomic E-state index is -3.63. The molecule has 2 atom stereocenters. The Labute approximate surface area is 142 Å². The van der Waals surface area contributed by atoms with E-state index in [9.17, 15) is 8.42 Å². The second kappa shape index (κ2) is 7.62. The van der Waals surface area contributed by atoms with Crippen molar-refractivity contribution in [2.45, 2.75) is 30.7 Å². The van der Waals surface area contributed by atoms with Crippen LogP contribution in [0, 0.1) is 17.2 Å². The molecule has 1 aliphatic rings. The molecule has 0 spiro atoms. The molecular formula is C14H19Cl2N3O2S. The average Bonchev–Trinajstić information content (AvgIpc) is 2.46. The number of hydrogen-bond acceptors (Lipinski definition) is 4. The maximum Gasteiger partial charge on any atom is 0.243 e. The van der Waals surface area contributed by atoms with Gasteiger partial charge in [-0.05, 0) is 37.0 Å². The molecule has 5 nitrogen and oxygen atoms in total. The van der Waals surface area contributed by atoms with Crippen LogP contribution in [-0.4, -0.2) is 31.9 Å². The Morgan fingerprint density at radius 3 is 2.73 bits per heavy atom. The summed E-state index contributed by atoms with van der Waals surface area (Å²) in [4.78, 5) is 0.111. The summed E-state index contributed by atoms with van der Waals surface area (Å²) >= 11 is 5.94. The van der Waals surface area contributed by atoms with Crippen molar-refractivity contribution in [1.29, 1.82) is 5.26 Å².